The molecule has 3 rings (SSSR count). The van der Waals surface area contributed by atoms with E-state index in [1.807, 2.05) is 7.05 Å². The Morgan fingerprint density at radius 1 is 1.20 bits per heavy atom. The van der Waals surface area contributed by atoms with Crippen molar-refractivity contribution in [3.63, 3.8) is 0 Å². The summed E-state index contributed by atoms with van der Waals surface area (Å²) in [5, 5.41) is 6.68. The van der Waals surface area contributed by atoms with E-state index in [9.17, 15) is 4.79 Å². The summed E-state index contributed by atoms with van der Waals surface area (Å²) in [6.45, 7) is 0.809. The minimum Gasteiger partial charge on any atom is -0.376 e. The second-order valence-corrected chi connectivity index (χ2v) is 6.90. The third kappa shape index (κ3) is 3.17. The molecule has 20 heavy (non-hydrogen) atoms. The maximum atomic E-state index is 12.4. The van der Waals surface area contributed by atoms with Crippen molar-refractivity contribution in [1.29, 1.82) is 0 Å². The van der Waals surface area contributed by atoms with Crippen molar-refractivity contribution in [2.75, 3.05) is 13.7 Å². The second-order valence-electron chi connectivity index (χ2n) is 6.90. The van der Waals surface area contributed by atoms with Crippen LogP contribution in [0.25, 0.3) is 0 Å². The maximum Gasteiger partial charge on any atom is 0.222 e. The molecule has 2 aliphatic carbocycles. The van der Waals surface area contributed by atoms with Crippen molar-refractivity contribution in [3.8, 4) is 0 Å². The van der Waals surface area contributed by atoms with Crippen molar-refractivity contribution in [2.24, 2.45) is 5.92 Å². The van der Waals surface area contributed by atoms with Crippen LogP contribution >= 0.6 is 0 Å². The summed E-state index contributed by atoms with van der Waals surface area (Å²) < 4.78 is 5.80. The first-order chi connectivity index (χ1) is 9.72. The Hall–Kier alpha value is -0.610. The minimum atomic E-state index is 0.0386. The monoisotopic (exact) mass is 280 g/mol. The maximum absolute atomic E-state index is 12.4. The van der Waals surface area contributed by atoms with E-state index in [2.05, 4.69) is 10.6 Å². The van der Waals surface area contributed by atoms with Crippen LogP contribution in [0.5, 0.6) is 0 Å². The lowest BCUT2D eigenvalue weighted by molar-refractivity contribution is -0.124. The number of hydrogen-bond donors (Lipinski definition) is 2. The van der Waals surface area contributed by atoms with Gasteiger partial charge in [0.25, 0.3) is 0 Å². The van der Waals surface area contributed by atoms with Gasteiger partial charge in [-0.2, -0.15) is 0 Å². The molecular weight excluding hydrogens is 252 g/mol. The number of amides is 1. The van der Waals surface area contributed by atoms with Crippen molar-refractivity contribution < 1.29 is 9.53 Å². The summed E-state index contributed by atoms with van der Waals surface area (Å²) in [5.74, 6) is 0.915. The zero-order valence-corrected chi connectivity index (χ0v) is 12.6. The summed E-state index contributed by atoms with van der Waals surface area (Å²) >= 11 is 0. The van der Waals surface area contributed by atoms with E-state index in [0.29, 0.717) is 12.3 Å². The van der Waals surface area contributed by atoms with E-state index in [1.165, 1.54) is 32.1 Å². The van der Waals surface area contributed by atoms with Crippen molar-refractivity contribution in [3.05, 3.63) is 0 Å². The molecule has 0 aromatic heterocycles. The quantitative estimate of drug-likeness (QED) is 0.809. The molecule has 2 atom stereocenters. The van der Waals surface area contributed by atoms with Crippen molar-refractivity contribution in [2.45, 2.75) is 75.5 Å². The predicted molar refractivity (Wildman–Crippen MR) is 78.5 cm³/mol. The zero-order chi connectivity index (χ0) is 14.0. The Kier molecular flexibility index (Phi) is 4.32. The minimum absolute atomic E-state index is 0.0386. The Balaban J connectivity index is 1.53. The second kappa shape index (κ2) is 6.02. The lowest BCUT2D eigenvalue weighted by atomic mass is 9.79. The molecule has 0 aromatic carbocycles. The Morgan fingerprint density at radius 2 is 1.95 bits per heavy atom. The summed E-state index contributed by atoms with van der Waals surface area (Å²) in [7, 11) is 2.00. The van der Waals surface area contributed by atoms with Gasteiger partial charge in [-0.1, -0.05) is 19.3 Å². The SMILES string of the molecule is CNC1(CC(=O)NC2CCOC2C2CC2)CCCCC1. The Labute approximate surface area is 122 Å². The lowest BCUT2D eigenvalue weighted by Gasteiger charge is -2.37. The van der Waals surface area contributed by atoms with Gasteiger partial charge in [0, 0.05) is 18.6 Å². The molecule has 2 saturated carbocycles. The van der Waals surface area contributed by atoms with Crippen LogP contribution in [-0.4, -0.2) is 37.2 Å². The third-order valence-electron chi connectivity index (χ3n) is 5.41. The average Bonchev–Trinajstić information content (AvgIpc) is 3.20. The molecule has 0 bridgehead atoms. The van der Waals surface area contributed by atoms with Crippen LogP contribution in [0.4, 0.5) is 0 Å². The van der Waals surface area contributed by atoms with Gasteiger partial charge in [-0.25, -0.2) is 0 Å². The van der Waals surface area contributed by atoms with Gasteiger partial charge in [-0.05, 0) is 45.1 Å². The van der Waals surface area contributed by atoms with Crippen molar-refractivity contribution in [1.82, 2.24) is 10.6 Å². The summed E-state index contributed by atoms with van der Waals surface area (Å²) in [6, 6.07) is 0.257. The van der Waals surface area contributed by atoms with Gasteiger partial charge in [-0.3, -0.25) is 4.79 Å². The highest BCUT2D eigenvalue weighted by Gasteiger charge is 2.42. The molecular formula is C16H28N2O2. The van der Waals surface area contributed by atoms with Crippen LogP contribution < -0.4 is 10.6 Å². The first kappa shape index (κ1) is 14.3. The Bertz CT molecular complexity index is 348. The van der Waals surface area contributed by atoms with Crippen LogP contribution in [0, 0.1) is 5.92 Å². The smallest absolute Gasteiger partial charge is 0.222 e. The van der Waals surface area contributed by atoms with Gasteiger partial charge in [-0.15, -0.1) is 0 Å². The molecule has 2 N–H and O–H groups in total. The number of carbonyl (C=O) groups excluding carboxylic acids is 1. The van der Waals surface area contributed by atoms with E-state index in [0.717, 1.165) is 25.9 Å². The van der Waals surface area contributed by atoms with Gasteiger partial charge in [0.15, 0.2) is 0 Å². The first-order valence-electron chi connectivity index (χ1n) is 8.32. The van der Waals surface area contributed by atoms with Crippen LogP contribution in [0.15, 0.2) is 0 Å². The number of ether oxygens (including phenoxy) is 1. The molecule has 0 aromatic rings. The van der Waals surface area contributed by atoms with Crippen molar-refractivity contribution >= 4 is 5.91 Å². The zero-order valence-electron chi connectivity index (χ0n) is 12.6. The highest BCUT2D eigenvalue weighted by Crippen LogP contribution is 2.39. The highest BCUT2D eigenvalue weighted by molar-refractivity contribution is 5.77. The van der Waals surface area contributed by atoms with E-state index in [-0.39, 0.29) is 23.6 Å². The topological polar surface area (TPSA) is 50.4 Å². The largest absolute Gasteiger partial charge is 0.376 e. The molecule has 1 saturated heterocycles. The Morgan fingerprint density at radius 3 is 2.60 bits per heavy atom. The number of hydrogen-bond acceptors (Lipinski definition) is 3. The van der Waals surface area contributed by atoms with E-state index >= 15 is 0 Å². The number of rotatable bonds is 5. The molecule has 114 valence electrons. The third-order valence-corrected chi connectivity index (χ3v) is 5.41. The van der Waals surface area contributed by atoms with Gasteiger partial charge >= 0.3 is 0 Å². The fraction of sp³-hybridized carbons (Fsp3) is 0.938. The molecule has 3 aliphatic rings. The van der Waals surface area contributed by atoms with Crippen LogP contribution in [0.1, 0.15) is 57.8 Å². The van der Waals surface area contributed by atoms with Crippen LogP contribution in [0.3, 0.4) is 0 Å². The average molecular weight is 280 g/mol. The molecule has 1 aliphatic heterocycles. The molecule has 0 radical (unpaired) electrons. The van der Waals surface area contributed by atoms with Gasteiger partial charge in [0.1, 0.15) is 0 Å². The first-order valence-corrected chi connectivity index (χ1v) is 8.32. The molecule has 4 heteroatoms. The van der Waals surface area contributed by atoms with Gasteiger partial charge in [0.05, 0.1) is 12.1 Å². The van der Waals surface area contributed by atoms with E-state index in [4.69, 9.17) is 4.74 Å². The molecule has 4 nitrogen and oxygen atoms in total. The summed E-state index contributed by atoms with van der Waals surface area (Å²) in [5.41, 5.74) is 0.0386. The molecule has 2 unspecified atom stereocenters. The lowest BCUT2D eigenvalue weighted by Crippen LogP contribution is -2.50. The molecule has 1 heterocycles. The molecule has 1 amide bonds. The fourth-order valence-corrected chi connectivity index (χ4v) is 3.96. The fourth-order valence-electron chi connectivity index (χ4n) is 3.96. The summed E-state index contributed by atoms with van der Waals surface area (Å²) in [6.07, 6.45) is 10.5. The molecule has 0 spiro atoms. The number of carbonyl (C=O) groups is 1. The predicted octanol–water partition coefficient (Wildman–Crippen LogP) is 1.98. The summed E-state index contributed by atoms with van der Waals surface area (Å²) in [4.78, 5) is 12.4. The normalized spacial score (nSPS) is 33.0. The van der Waals surface area contributed by atoms with E-state index in [1.54, 1.807) is 0 Å². The number of nitrogens with one attached hydrogen (secondary N) is 2. The van der Waals surface area contributed by atoms with E-state index < -0.39 is 0 Å². The van der Waals surface area contributed by atoms with Crippen LogP contribution in [-0.2, 0) is 9.53 Å². The van der Waals surface area contributed by atoms with Gasteiger partial charge < -0.3 is 15.4 Å². The van der Waals surface area contributed by atoms with Gasteiger partial charge in [0.2, 0.25) is 5.91 Å². The standard InChI is InChI=1S/C16H28N2O2/c1-17-16(8-3-2-4-9-16)11-14(19)18-13-7-10-20-15(13)12-5-6-12/h12-13,15,17H,2-11H2,1H3,(H,18,19). The highest BCUT2D eigenvalue weighted by atomic mass is 16.5. The molecule has 3 fully saturated rings. The van der Waals surface area contributed by atoms with Crippen LogP contribution in [0.2, 0.25) is 0 Å².